The van der Waals surface area contributed by atoms with E-state index in [2.05, 4.69) is 13.8 Å². The molecule has 0 bridgehead atoms. The van der Waals surface area contributed by atoms with Gasteiger partial charge in [-0.05, 0) is 45.7 Å². The lowest BCUT2D eigenvalue weighted by atomic mass is 10.0. The summed E-state index contributed by atoms with van der Waals surface area (Å²) in [6.45, 7) is 6.09. The van der Waals surface area contributed by atoms with E-state index in [1.165, 1.54) is 0 Å². The van der Waals surface area contributed by atoms with E-state index in [1.807, 2.05) is 25.1 Å². The third kappa shape index (κ3) is 3.33. The number of carbonyl (C=O) groups is 1. The van der Waals surface area contributed by atoms with Gasteiger partial charge in [0.25, 0.3) is 0 Å². The third-order valence-electron chi connectivity index (χ3n) is 3.32. The van der Waals surface area contributed by atoms with Gasteiger partial charge < -0.3 is 9.47 Å². The van der Waals surface area contributed by atoms with Gasteiger partial charge in [0.1, 0.15) is 0 Å². The molecule has 0 amide bonds. The summed E-state index contributed by atoms with van der Waals surface area (Å²) in [4.78, 5) is 11.8. The SMILES string of the molecule is CC(CCC1OC1(C)C)OC(=O)c1ccccc1. The van der Waals surface area contributed by atoms with Crippen LogP contribution in [0.5, 0.6) is 0 Å². The lowest BCUT2D eigenvalue weighted by molar-refractivity contribution is 0.0316. The molecule has 1 saturated heterocycles. The quantitative estimate of drug-likeness (QED) is 0.593. The van der Waals surface area contributed by atoms with Crippen LogP contribution in [0.3, 0.4) is 0 Å². The van der Waals surface area contributed by atoms with Crippen LogP contribution < -0.4 is 0 Å². The van der Waals surface area contributed by atoms with Crippen LogP contribution in [0.25, 0.3) is 0 Å². The predicted octanol–water partition coefficient (Wildman–Crippen LogP) is 3.19. The minimum atomic E-state index is -0.251. The van der Waals surface area contributed by atoms with Gasteiger partial charge in [0, 0.05) is 0 Å². The van der Waals surface area contributed by atoms with Crippen LogP contribution in [0.4, 0.5) is 0 Å². The fraction of sp³-hybridized carbons (Fsp3) is 0.533. The van der Waals surface area contributed by atoms with Crippen molar-refractivity contribution in [2.45, 2.75) is 51.4 Å². The van der Waals surface area contributed by atoms with Crippen molar-refractivity contribution in [2.24, 2.45) is 0 Å². The van der Waals surface area contributed by atoms with Crippen molar-refractivity contribution >= 4 is 5.97 Å². The van der Waals surface area contributed by atoms with Crippen molar-refractivity contribution in [1.82, 2.24) is 0 Å². The van der Waals surface area contributed by atoms with Crippen molar-refractivity contribution in [3.05, 3.63) is 35.9 Å². The number of epoxide rings is 1. The van der Waals surface area contributed by atoms with Gasteiger partial charge in [-0.25, -0.2) is 4.79 Å². The van der Waals surface area contributed by atoms with E-state index in [0.29, 0.717) is 11.7 Å². The maximum absolute atomic E-state index is 11.8. The largest absolute Gasteiger partial charge is 0.459 e. The molecule has 0 aromatic heterocycles. The highest BCUT2D eigenvalue weighted by atomic mass is 16.6. The molecule has 0 radical (unpaired) electrons. The number of hydrogen-bond donors (Lipinski definition) is 0. The van der Waals surface area contributed by atoms with Crippen LogP contribution >= 0.6 is 0 Å². The van der Waals surface area contributed by atoms with E-state index >= 15 is 0 Å². The monoisotopic (exact) mass is 248 g/mol. The van der Waals surface area contributed by atoms with Gasteiger partial charge in [-0.3, -0.25) is 0 Å². The van der Waals surface area contributed by atoms with Crippen molar-refractivity contribution in [3.8, 4) is 0 Å². The molecule has 1 aliphatic heterocycles. The smallest absolute Gasteiger partial charge is 0.338 e. The van der Waals surface area contributed by atoms with Crippen LogP contribution in [0.1, 0.15) is 44.0 Å². The summed E-state index contributed by atoms with van der Waals surface area (Å²) < 4.78 is 10.9. The highest BCUT2D eigenvalue weighted by molar-refractivity contribution is 5.89. The molecule has 3 nitrogen and oxygen atoms in total. The molecule has 1 aromatic carbocycles. The number of hydrogen-bond acceptors (Lipinski definition) is 3. The van der Waals surface area contributed by atoms with E-state index in [9.17, 15) is 4.79 Å². The molecule has 2 atom stereocenters. The Labute approximate surface area is 108 Å². The zero-order chi connectivity index (χ0) is 13.2. The van der Waals surface area contributed by atoms with Crippen molar-refractivity contribution in [1.29, 1.82) is 0 Å². The molecule has 1 aromatic rings. The van der Waals surface area contributed by atoms with E-state index in [-0.39, 0.29) is 17.7 Å². The topological polar surface area (TPSA) is 38.8 Å². The predicted molar refractivity (Wildman–Crippen MR) is 69.5 cm³/mol. The number of carbonyl (C=O) groups excluding carboxylic acids is 1. The van der Waals surface area contributed by atoms with Crippen LogP contribution in [-0.2, 0) is 9.47 Å². The molecule has 0 N–H and O–H groups in total. The average Bonchev–Trinajstić information content (AvgIpc) is 2.96. The van der Waals surface area contributed by atoms with Crippen molar-refractivity contribution in [2.75, 3.05) is 0 Å². The first-order valence-corrected chi connectivity index (χ1v) is 6.43. The number of benzene rings is 1. The molecule has 0 saturated carbocycles. The van der Waals surface area contributed by atoms with Crippen LogP contribution in [-0.4, -0.2) is 23.8 Å². The standard InChI is InChI=1S/C15H20O3/c1-11(9-10-13-15(2,3)18-13)17-14(16)12-7-5-4-6-8-12/h4-8,11,13H,9-10H2,1-3H3. The highest BCUT2D eigenvalue weighted by Crippen LogP contribution is 2.38. The zero-order valence-electron chi connectivity index (χ0n) is 11.2. The van der Waals surface area contributed by atoms with Gasteiger partial charge in [-0.2, -0.15) is 0 Å². The molecule has 1 heterocycles. The summed E-state index contributed by atoms with van der Waals surface area (Å²) in [5.74, 6) is -0.251. The minimum absolute atomic E-state index is 0.0170. The highest BCUT2D eigenvalue weighted by Gasteiger charge is 2.47. The summed E-state index contributed by atoms with van der Waals surface area (Å²) in [6, 6.07) is 9.08. The first kappa shape index (κ1) is 13.1. The summed E-state index contributed by atoms with van der Waals surface area (Å²) in [5, 5.41) is 0. The number of esters is 1. The first-order chi connectivity index (χ1) is 8.49. The normalized spacial score (nSPS) is 22.3. The summed E-state index contributed by atoms with van der Waals surface area (Å²) >= 11 is 0. The molecule has 1 aliphatic rings. The minimum Gasteiger partial charge on any atom is -0.459 e. The van der Waals surface area contributed by atoms with Gasteiger partial charge >= 0.3 is 5.97 Å². The van der Waals surface area contributed by atoms with Gasteiger partial charge in [0.15, 0.2) is 0 Å². The van der Waals surface area contributed by atoms with E-state index in [1.54, 1.807) is 12.1 Å². The van der Waals surface area contributed by atoms with E-state index in [0.717, 1.165) is 12.8 Å². The van der Waals surface area contributed by atoms with E-state index in [4.69, 9.17) is 9.47 Å². The molecule has 2 rings (SSSR count). The second kappa shape index (κ2) is 5.11. The first-order valence-electron chi connectivity index (χ1n) is 6.43. The van der Waals surface area contributed by atoms with E-state index < -0.39 is 0 Å². The number of rotatable bonds is 5. The molecule has 98 valence electrons. The fourth-order valence-electron chi connectivity index (χ4n) is 2.01. The second-order valence-electron chi connectivity index (χ2n) is 5.37. The molecule has 3 heteroatoms. The summed E-state index contributed by atoms with van der Waals surface area (Å²) in [6.07, 6.45) is 2.02. The Bertz CT molecular complexity index is 411. The Morgan fingerprint density at radius 3 is 2.56 bits per heavy atom. The van der Waals surface area contributed by atoms with Crippen LogP contribution in [0.2, 0.25) is 0 Å². The van der Waals surface area contributed by atoms with Crippen molar-refractivity contribution < 1.29 is 14.3 Å². The Hall–Kier alpha value is -1.35. The third-order valence-corrected chi connectivity index (χ3v) is 3.32. The van der Waals surface area contributed by atoms with Gasteiger partial charge in [-0.15, -0.1) is 0 Å². The molecule has 1 fully saturated rings. The van der Waals surface area contributed by atoms with Crippen LogP contribution in [0, 0.1) is 0 Å². The zero-order valence-corrected chi connectivity index (χ0v) is 11.2. The van der Waals surface area contributed by atoms with Crippen molar-refractivity contribution in [3.63, 3.8) is 0 Å². The lowest BCUT2D eigenvalue weighted by Gasteiger charge is -2.12. The Balaban J connectivity index is 1.74. The van der Waals surface area contributed by atoms with Gasteiger partial charge in [0.05, 0.1) is 23.4 Å². The Morgan fingerprint density at radius 2 is 2.00 bits per heavy atom. The summed E-state index contributed by atoms with van der Waals surface area (Å²) in [5.41, 5.74) is 0.621. The molecule has 18 heavy (non-hydrogen) atoms. The van der Waals surface area contributed by atoms with Gasteiger partial charge in [0.2, 0.25) is 0 Å². The maximum Gasteiger partial charge on any atom is 0.338 e. The molecule has 2 unspecified atom stereocenters. The molecule has 0 aliphatic carbocycles. The Morgan fingerprint density at radius 1 is 1.39 bits per heavy atom. The average molecular weight is 248 g/mol. The maximum atomic E-state index is 11.8. The number of ether oxygens (including phenoxy) is 2. The lowest BCUT2D eigenvalue weighted by Crippen LogP contribution is -2.16. The fourth-order valence-corrected chi connectivity index (χ4v) is 2.01. The van der Waals surface area contributed by atoms with Crippen LogP contribution in [0.15, 0.2) is 30.3 Å². The molecular weight excluding hydrogens is 228 g/mol. The van der Waals surface area contributed by atoms with Gasteiger partial charge in [-0.1, -0.05) is 18.2 Å². The molecular formula is C15H20O3. The second-order valence-corrected chi connectivity index (χ2v) is 5.37. The molecule has 0 spiro atoms. The summed E-state index contributed by atoms with van der Waals surface area (Å²) in [7, 11) is 0. The Kier molecular flexibility index (Phi) is 3.71.